The number of carboxylic acids is 1. The highest BCUT2D eigenvalue weighted by molar-refractivity contribution is 5.87. The van der Waals surface area contributed by atoms with Crippen LogP contribution in [0.5, 0.6) is 0 Å². The lowest BCUT2D eigenvalue weighted by Crippen LogP contribution is -2.56. The van der Waals surface area contributed by atoms with E-state index < -0.39 is 17.6 Å². The first-order valence-electron chi connectivity index (χ1n) is 4.83. The predicted octanol–water partition coefficient (Wildman–Crippen LogP) is -0.916. The monoisotopic (exact) mass is 216 g/mol. The first kappa shape index (κ1) is 11.9. The number of carbonyl (C=O) groups is 2. The average Bonchev–Trinajstić information content (AvgIpc) is 2.51. The van der Waals surface area contributed by atoms with Gasteiger partial charge >= 0.3 is 5.97 Å². The zero-order valence-corrected chi connectivity index (χ0v) is 8.66. The molecular formula is C9H16N2O4. The largest absolute Gasteiger partial charge is 0.481 e. The molecule has 0 saturated carbocycles. The van der Waals surface area contributed by atoms with E-state index in [9.17, 15) is 9.59 Å². The van der Waals surface area contributed by atoms with Crippen molar-refractivity contribution in [3.63, 3.8) is 0 Å². The predicted molar refractivity (Wildman–Crippen MR) is 52.2 cm³/mol. The van der Waals surface area contributed by atoms with Crippen molar-refractivity contribution in [1.82, 2.24) is 5.32 Å². The molecule has 0 aromatic rings. The smallest absolute Gasteiger partial charge is 0.305 e. The lowest BCUT2D eigenvalue weighted by molar-refractivity contribution is -0.137. The molecule has 1 amide bonds. The van der Waals surface area contributed by atoms with Gasteiger partial charge in [0.25, 0.3) is 0 Å². The van der Waals surface area contributed by atoms with Crippen molar-refractivity contribution in [2.45, 2.75) is 31.3 Å². The molecule has 6 nitrogen and oxygen atoms in total. The molecule has 86 valence electrons. The van der Waals surface area contributed by atoms with Gasteiger partial charge in [0.05, 0.1) is 13.0 Å². The van der Waals surface area contributed by atoms with Crippen LogP contribution in [0, 0.1) is 0 Å². The molecule has 1 fully saturated rings. The van der Waals surface area contributed by atoms with Gasteiger partial charge in [-0.05, 0) is 13.3 Å². The Morgan fingerprint density at radius 3 is 2.80 bits per heavy atom. The molecule has 15 heavy (non-hydrogen) atoms. The van der Waals surface area contributed by atoms with E-state index in [1.165, 1.54) is 0 Å². The van der Waals surface area contributed by atoms with Crippen LogP contribution < -0.4 is 11.1 Å². The summed E-state index contributed by atoms with van der Waals surface area (Å²) in [6, 6.07) is -0.420. The summed E-state index contributed by atoms with van der Waals surface area (Å²) in [6.07, 6.45) is 0.362. The number of hydrogen-bond acceptors (Lipinski definition) is 4. The molecule has 0 bridgehead atoms. The van der Waals surface area contributed by atoms with Crippen LogP contribution in [-0.2, 0) is 14.3 Å². The minimum Gasteiger partial charge on any atom is -0.481 e. The molecule has 1 saturated heterocycles. The van der Waals surface area contributed by atoms with Crippen LogP contribution in [0.1, 0.15) is 19.8 Å². The topological polar surface area (TPSA) is 102 Å². The van der Waals surface area contributed by atoms with Gasteiger partial charge in [0.2, 0.25) is 5.91 Å². The van der Waals surface area contributed by atoms with Crippen molar-refractivity contribution < 1.29 is 19.4 Å². The fourth-order valence-electron chi connectivity index (χ4n) is 1.44. The summed E-state index contributed by atoms with van der Waals surface area (Å²) >= 11 is 0. The molecule has 0 aromatic heterocycles. The molecule has 0 aromatic carbocycles. The van der Waals surface area contributed by atoms with E-state index in [-0.39, 0.29) is 18.9 Å². The van der Waals surface area contributed by atoms with Gasteiger partial charge in [0, 0.05) is 12.6 Å². The van der Waals surface area contributed by atoms with Crippen LogP contribution in [0.4, 0.5) is 0 Å². The van der Waals surface area contributed by atoms with Crippen molar-refractivity contribution in [3.05, 3.63) is 0 Å². The number of nitrogens with one attached hydrogen (secondary N) is 1. The van der Waals surface area contributed by atoms with Gasteiger partial charge < -0.3 is 20.9 Å². The molecule has 1 aliphatic rings. The Morgan fingerprint density at radius 2 is 2.33 bits per heavy atom. The summed E-state index contributed by atoms with van der Waals surface area (Å²) < 4.78 is 5.04. The SMILES string of the molecule is CC(CC(=O)O)NC(=O)C1(N)CCOC1. The normalized spacial score (nSPS) is 27.3. The maximum atomic E-state index is 11.6. The van der Waals surface area contributed by atoms with E-state index in [1.54, 1.807) is 6.92 Å². The van der Waals surface area contributed by atoms with Gasteiger partial charge in [0.15, 0.2) is 0 Å². The van der Waals surface area contributed by atoms with Gasteiger partial charge in [-0.3, -0.25) is 9.59 Å². The molecule has 1 rings (SSSR count). The Morgan fingerprint density at radius 1 is 1.67 bits per heavy atom. The molecule has 4 N–H and O–H groups in total. The Bertz CT molecular complexity index is 261. The van der Waals surface area contributed by atoms with Crippen molar-refractivity contribution in [2.24, 2.45) is 5.73 Å². The molecular weight excluding hydrogens is 200 g/mol. The Balaban J connectivity index is 2.44. The third-order valence-electron chi connectivity index (χ3n) is 2.36. The van der Waals surface area contributed by atoms with E-state index in [2.05, 4.69) is 5.32 Å². The molecule has 2 unspecified atom stereocenters. The van der Waals surface area contributed by atoms with E-state index >= 15 is 0 Å². The van der Waals surface area contributed by atoms with Crippen LogP contribution in [0.3, 0.4) is 0 Å². The second kappa shape index (κ2) is 4.59. The fourth-order valence-corrected chi connectivity index (χ4v) is 1.44. The maximum Gasteiger partial charge on any atom is 0.305 e. The highest BCUT2D eigenvalue weighted by Crippen LogP contribution is 2.15. The van der Waals surface area contributed by atoms with Crippen LogP contribution in [-0.4, -0.2) is 41.8 Å². The summed E-state index contributed by atoms with van der Waals surface area (Å²) in [4.78, 5) is 22.0. The number of hydrogen-bond donors (Lipinski definition) is 3. The van der Waals surface area contributed by atoms with E-state index in [0.29, 0.717) is 13.0 Å². The summed E-state index contributed by atoms with van der Waals surface area (Å²) in [6.45, 7) is 2.29. The molecule has 2 atom stereocenters. The van der Waals surface area contributed by atoms with Crippen molar-refractivity contribution in [2.75, 3.05) is 13.2 Å². The fraction of sp³-hybridized carbons (Fsp3) is 0.778. The third-order valence-corrected chi connectivity index (χ3v) is 2.36. The highest BCUT2D eigenvalue weighted by Gasteiger charge is 2.38. The second-order valence-electron chi connectivity index (χ2n) is 3.93. The molecule has 1 aliphatic heterocycles. The minimum atomic E-state index is -0.993. The van der Waals surface area contributed by atoms with Gasteiger partial charge in [-0.25, -0.2) is 0 Å². The number of amides is 1. The lowest BCUT2D eigenvalue weighted by Gasteiger charge is -2.23. The number of carboxylic acid groups (broad SMARTS) is 1. The first-order valence-corrected chi connectivity index (χ1v) is 4.83. The Kier molecular flexibility index (Phi) is 3.65. The number of nitrogens with two attached hydrogens (primary N) is 1. The molecule has 1 heterocycles. The third kappa shape index (κ3) is 3.17. The number of aliphatic carboxylic acids is 1. The number of ether oxygens (including phenoxy) is 1. The van der Waals surface area contributed by atoms with Crippen LogP contribution >= 0.6 is 0 Å². The maximum absolute atomic E-state index is 11.6. The zero-order valence-electron chi connectivity index (χ0n) is 8.66. The lowest BCUT2D eigenvalue weighted by atomic mass is 9.98. The standard InChI is InChI=1S/C9H16N2O4/c1-6(4-7(12)13)11-8(14)9(10)2-3-15-5-9/h6H,2-5,10H2,1H3,(H,11,14)(H,12,13). The Labute approximate surface area is 87.8 Å². The van der Waals surface area contributed by atoms with Gasteiger partial charge in [-0.15, -0.1) is 0 Å². The van der Waals surface area contributed by atoms with Crippen molar-refractivity contribution >= 4 is 11.9 Å². The molecule has 0 radical (unpaired) electrons. The second-order valence-corrected chi connectivity index (χ2v) is 3.93. The molecule has 0 spiro atoms. The van der Waals surface area contributed by atoms with Crippen LogP contribution in [0.2, 0.25) is 0 Å². The Hall–Kier alpha value is -1.14. The highest BCUT2D eigenvalue weighted by atomic mass is 16.5. The van der Waals surface area contributed by atoms with Gasteiger partial charge in [0.1, 0.15) is 5.54 Å². The summed E-state index contributed by atoms with van der Waals surface area (Å²) in [7, 11) is 0. The number of rotatable bonds is 4. The quantitative estimate of drug-likeness (QED) is 0.564. The zero-order chi connectivity index (χ0) is 11.5. The van der Waals surface area contributed by atoms with Crippen molar-refractivity contribution in [1.29, 1.82) is 0 Å². The number of carbonyl (C=O) groups excluding carboxylic acids is 1. The molecule has 6 heteroatoms. The minimum absolute atomic E-state index is 0.108. The van der Waals surface area contributed by atoms with E-state index in [1.807, 2.05) is 0 Å². The summed E-state index contributed by atoms with van der Waals surface area (Å²) in [5, 5.41) is 11.1. The van der Waals surface area contributed by atoms with Gasteiger partial charge in [-0.2, -0.15) is 0 Å². The summed E-state index contributed by atoms with van der Waals surface area (Å²) in [5.41, 5.74) is 4.80. The van der Waals surface area contributed by atoms with Crippen molar-refractivity contribution in [3.8, 4) is 0 Å². The average molecular weight is 216 g/mol. The van der Waals surface area contributed by atoms with Crippen LogP contribution in [0.25, 0.3) is 0 Å². The van der Waals surface area contributed by atoms with E-state index in [0.717, 1.165) is 0 Å². The summed E-state index contributed by atoms with van der Waals surface area (Å²) in [5.74, 6) is -1.29. The first-order chi connectivity index (χ1) is 6.94. The van der Waals surface area contributed by atoms with E-state index in [4.69, 9.17) is 15.6 Å². The molecule has 0 aliphatic carbocycles. The van der Waals surface area contributed by atoms with Gasteiger partial charge in [-0.1, -0.05) is 0 Å². The van der Waals surface area contributed by atoms with Crippen LogP contribution in [0.15, 0.2) is 0 Å².